The first-order chi connectivity index (χ1) is 15.0. The van der Waals surface area contributed by atoms with E-state index in [2.05, 4.69) is 47.2 Å². The zero-order valence-electron chi connectivity index (χ0n) is 18.2. The molecule has 4 heterocycles. The van der Waals surface area contributed by atoms with E-state index < -0.39 is 0 Å². The van der Waals surface area contributed by atoms with Crippen molar-refractivity contribution in [3.63, 3.8) is 0 Å². The Balaban J connectivity index is 1.32. The summed E-state index contributed by atoms with van der Waals surface area (Å²) in [6.45, 7) is 10.2. The van der Waals surface area contributed by atoms with Crippen LogP contribution in [0.5, 0.6) is 0 Å². The Morgan fingerprint density at radius 1 is 1.19 bits per heavy atom. The largest absolute Gasteiger partial charge is 0.457 e. The van der Waals surface area contributed by atoms with Crippen molar-refractivity contribution in [2.75, 3.05) is 19.6 Å². The molecule has 3 aromatic rings. The molecule has 0 spiro atoms. The standard InChI is InChI=1S/C24H27N5O2/c1-15-10-29(14-26-15)23-7-4-18(17(3)27-23)11-28-9-8-25-22(12-28)19-5-6-20-21(16(19)2)13-31-24(20)30/h4-7,10,14,22,25H,8-9,11-13H2,1-3H3/t22-/m0/s1. The summed E-state index contributed by atoms with van der Waals surface area (Å²) in [6, 6.07) is 8.46. The smallest absolute Gasteiger partial charge is 0.338 e. The van der Waals surface area contributed by atoms with Crippen molar-refractivity contribution in [1.82, 2.24) is 24.8 Å². The van der Waals surface area contributed by atoms with Gasteiger partial charge in [-0.25, -0.2) is 14.8 Å². The second kappa shape index (κ2) is 7.90. The van der Waals surface area contributed by atoms with Crippen LogP contribution in [0, 0.1) is 20.8 Å². The van der Waals surface area contributed by atoms with Gasteiger partial charge in [0.15, 0.2) is 0 Å². The van der Waals surface area contributed by atoms with Crippen LogP contribution in [0.2, 0.25) is 0 Å². The highest BCUT2D eigenvalue weighted by Crippen LogP contribution is 2.30. The van der Waals surface area contributed by atoms with E-state index in [1.54, 1.807) is 6.33 Å². The van der Waals surface area contributed by atoms with Crippen molar-refractivity contribution in [3.8, 4) is 5.82 Å². The van der Waals surface area contributed by atoms with Crippen LogP contribution in [0.4, 0.5) is 0 Å². The molecule has 160 valence electrons. The molecule has 0 saturated carbocycles. The fraction of sp³-hybridized carbons (Fsp3) is 0.375. The lowest BCUT2D eigenvalue weighted by molar-refractivity contribution is 0.0535. The number of esters is 1. The number of fused-ring (bicyclic) bond motifs is 1. The van der Waals surface area contributed by atoms with Gasteiger partial charge in [-0.3, -0.25) is 9.47 Å². The third kappa shape index (κ3) is 3.75. The van der Waals surface area contributed by atoms with Gasteiger partial charge in [0.25, 0.3) is 0 Å². The van der Waals surface area contributed by atoms with E-state index in [0.29, 0.717) is 12.2 Å². The molecule has 31 heavy (non-hydrogen) atoms. The van der Waals surface area contributed by atoms with Crippen molar-refractivity contribution in [2.45, 2.75) is 40.0 Å². The van der Waals surface area contributed by atoms with Crippen molar-refractivity contribution in [2.24, 2.45) is 0 Å². The number of nitrogens with one attached hydrogen (secondary N) is 1. The number of carbonyl (C=O) groups is 1. The predicted molar refractivity (Wildman–Crippen MR) is 117 cm³/mol. The van der Waals surface area contributed by atoms with Gasteiger partial charge in [-0.1, -0.05) is 12.1 Å². The molecule has 2 aliphatic rings. The molecule has 1 saturated heterocycles. The molecule has 2 aliphatic heterocycles. The van der Waals surface area contributed by atoms with Crippen LogP contribution in [0.3, 0.4) is 0 Å². The van der Waals surface area contributed by atoms with Crippen LogP contribution in [0.15, 0.2) is 36.8 Å². The number of aromatic nitrogens is 3. The Kier molecular flexibility index (Phi) is 5.08. The monoisotopic (exact) mass is 417 g/mol. The number of rotatable bonds is 4. The second-order valence-corrected chi connectivity index (χ2v) is 8.46. The number of nitrogens with zero attached hydrogens (tertiary/aromatic N) is 4. The third-order valence-corrected chi connectivity index (χ3v) is 6.39. The lowest BCUT2D eigenvalue weighted by Gasteiger charge is -2.35. The van der Waals surface area contributed by atoms with Gasteiger partial charge < -0.3 is 10.1 Å². The minimum Gasteiger partial charge on any atom is -0.457 e. The molecular formula is C24H27N5O2. The highest BCUT2D eigenvalue weighted by Gasteiger charge is 2.28. The minimum atomic E-state index is -0.208. The summed E-state index contributed by atoms with van der Waals surface area (Å²) in [6.07, 6.45) is 3.79. The SMILES string of the molecule is Cc1cn(-c2ccc(CN3CCN[C@H](c4ccc5c(c4C)COC5=O)C3)c(C)n2)cn1. The van der Waals surface area contributed by atoms with E-state index in [0.717, 1.165) is 48.9 Å². The van der Waals surface area contributed by atoms with Gasteiger partial charge in [-0.05, 0) is 49.6 Å². The number of benzene rings is 1. The molecule has 7 nitrogen and oxygen atoms in total. The molecule has 0 aliphatic carbocycles. The van der Waals surface area contributed by atoms with Crippen molar-refractivity contribution in [3.05, 3.63) is 76.0 Å². The van der Waals surface area contributed by atoms with Crippen LogP contribution in [0.25, 0.3) is 5.82 Å². The zero-order chi connectivity index (χ0) is 21.5. The molecule has 0 bridgehead atoms. The van der Waals surface area contributed by atoms with E-state index >= 15 is 0 Å². The Labute approximate surface area is 182 Å². The summed E-state index contributed by atoms with van der Waals surface area (Å²) >= 11 is 0. The summed E-state index contributed by atoms with van der Waals surface area (Å²) in [5.41, 5.74) is 7.43. The highest BCUT2D eigenvalue weighted by atomic mass is 16.5. The highest BCUT2D eigenvalue weighted by molar-refractivity contribution is 5.94. The second-order valence-electron chi connectivity index (χ2n) is 8.46. The van der Waals surface area contributed by atoms with Crippen molar-refractivity contribution < 1.29 is 9.53 Å². The quantitative estimate of drug-likeness (QED) is 0.658. The van der Waals surface area contributed by atoms with Crippen LogP contribution in [-0.4, -0.2) is 45.0 Å². The molecule has 0 radical (unpaired) electrons. The van der Waals surface area contributed by atoms with E-state index in [9.17, 15) is 4.79 Å². The van der Waals surface area contributed by atoms with Gasteiger partial charge in [-0.2, -0.15) is 0 Å². The van der Waals surface area contributed by atoms with E-state index in [-0.39, 0.29) is 12.0 Å². The topological polar surface area (TPSA) is 72.3 Å². The lowest BCUT2D eigenvalue weighted by Crippen LogP contribution is -2.45. The third-order valence-electron chi connectivity index (χ3n) is 6.39. The summed E-state index contributed by atoms with van der Waals surface area (Å²) in [7, 11) is 0. The summed E-state index contributed by atoms with van der Waals surface area (Å²) in [5, 5.41) is 3.65. The van der Waals surface area contributed by atoms with Crippen LogP contribution in [0.1, 0.15) is 50.0 Å². The zero-order valence-corrected chi connectivity index (χ0v) is 18.2. The molecular weight excluding hydrogens is 390 g/mol. The first-order valence-electron chi connectivity index (χ1n) is 10.7. The molecule has 7 heteroatoms. The first-order valence-corrected chi connectivity index (χ1v) is 10.7. The number of hydrogen-bond acceptors (Lipinski definition) is 6. The fourth-order valence-corrected chi connectivity index (χ4v) is 4.58. The molecule has 1 fully saturated rings. The molecule has 5 rings (SSSR count). The average molecular weight is 418 g/mol. The number of carbonyl (C=O) groups excluding carboxylic acids is 1. The number of hydrogen-bond donors (Lipinski definition) is 1. The van der Waals surface area contributed by atoms with Gasteiger partial charge in [0.1, 0.15) is 18.8 Å². The molecule has 1 atom stereocenters. The van der Waals surface area contributed by atoms with Gasteiger partial charge >= 0.3 is 5.97 Å². The fourth-order valence-electron chi connectivity index (χ4n) is 4.58. The summed E-state index contributed by atoms with van der Waals surface area (Å²) in [5.74, 6) is 0.686. The van der Waals surface area contributed by atoms with Gasteiger partial charge in [-0.15, -0.1) is 0 Å². The number of pyridine rings is 1. The van der Waals surface area contributed by atoms with Crippen molar-refractivity contribution >= 4 is 5.97 Å². The molecule has 2 aromatic heterocycles. The van der Waals surface area contributed by atoms with Crippen LogP contribution >= 0.6 is 0 Å². The molecule has 0 amide bonds. The van der Waals surface area contributed by atoms with Crippen LogP contribution in [-0.2, 0) is 17.9 Å². The van der Waals surface area contributed by atoms with Gasteiger partial charge in [0.2, 0.25) is 0 Å². The first kappa shape index (κ1) is 19.9. The normalized spacial score (nSPS) is 18.8. The minimum absolute atomic E-state index is 0.208. The Morgan fingerprint density at radius 2 is 2.06 bits per heavy atom. The average Bonchev–Trinajstić information content (AvgIpc) is 3.36. The van der Waals surface area contributed by atoms with Gasteiger partial charge in [0.05, 0.1) is 11.3 Å². The molecule has 1 aromatic carbocycles. The number of aryl methyl sites for hydroxylation is 2. The summed E-state index contributed by atoms with van der Waals surface area (Å²) < 4.78 is 7.18. The number of ether oxygens (including phenoxy) is 1. The predicted octanol–water partition coefficient (Wildman–Crippen LogP) is 3.01. The molecule has 1 N–H and O–H groups in total. The maximum atomic E-state index is 11.9. The van der Waals surface area contributed by atoms with E-state index in [1.807, 2.05) is 23.8 Å². The Bertz CT molecular complexity index is 1150. The maximum Gasteiger partial charge on any atom is 0.338 e. The lowest BCUT2D eigenvalue weighted by atomic mass is 9.93. The van der Waals surface area contributed by atoms with Gasteiger partial charge in [0, 0.05) is 49.7 Å². The van der Waals surface area contributed by atoms with E-state index in [4.69, 9.17) is 9.72 Å². The summed E-state index contributed by atoms with van der Waals surface area (Å²) in [4.78, 5) is 23.4. The number of cyclic esters (lactones) is 1. The van der Waals surface area contributed by atoms with E-state index in [1.165, 1.54) is 16.7 Å². The Morgan fingerprint density at radius 3 is 2.84 bits per heavy atom. The van der Waals surface area contributed by atoms with Crippen LogP contribution < -0.4 is 5.32 Å². The maximum absolute atomic E-state index is 11.9. The number of piperazine rings is 1. The van der Waals surface area contributed by atoms with Crippen molar-refractivity contribution in [1.29, 1.82) is 0 Å². The molecule has 0 unspecified atom stereocenters. The Hall–Kier alpha value is -3.03. The number of imidazole rings is 1.